The highest BCUT2D eigenvalue weighted by atomic mass is 15.3. The second kappa shape index (κ2) is 7.72. The fourth-order valence-corrected chi connectivity index (χ4v) is 3.98. The number of likely N-dealkylation sites (N-methyl/N-ethyl adjacent to an activating group) is 1. The second-order valence-electron chi connectivity index (χ2n) is 7.51. The normalized spacial score (nSPS) is 18.8. The van der Waals surface area contributed by atoms with Crippen LogP contribution in [-0.2, 0) is 19.5 Å². The molecule has 1 aromatic carbocycles. The third-order valence-corrected chi connectivity index (χ3v) is 5.59. The Hall–Kier alpha value is -1.98. The molecular formula is C21H29N5. The van der Waals surface area contributed by atoms with Gasteiger partial charge in [0.15, 0.2) is 0 Å². The van der Waals surface area contributed by atoms with E-state index >= 15 is 0 Å². The van der Waals surface area contributed by atoms with E-state index in [0.29, 0.717) is 0 Å². The molecule has 5 heteroatoms. The van der Waals surface area contributed by atoms with Crippen molar-refractivity contribution in [3.05, 3.63) is 52.8 Å². The van der Waals surface area contributed by atoms with E-state index in [1.165, 1.54) is 22.4 Å². The molecule has 26 heavy (non-hydrogen) atoms. The minimum Gasteiger partial charge on any atom is -0.338 e. The van der Waals surface area contributed by atoms with Crippen molar-refractivity contribution in [1.29, 1.82) is 0 Å². The standard InChI is InChI=1S/C21H29N5/c1-3-24-9-11-26(12-10-24)21-22-14-19-16-25(8-7-20(19)23-21)15-18-6-4-5-17(2)13-18/h4-6,13-14H,3,7-12,15-16H2,1-2H3. The first-order chi connectivity index (χ1) is 12.7. The molecule has 138 valence electrons. The fraction of sp³-hybridized carbons (Fsp3) is 0.524. The Kier molecular flexibility index (Phi) is 5.18. The highest BCUT2D eigenvalue weighted by Gasteiger charge is 2.22. The number of piperazine rings is 1. The van der Waals surface area contributed by atoms with Crippen molar-refractivity contribution >= 4 is 5.95 Å². The van der Waals surface area contributed by atoms with Crippen LogP contribution < -0.4 is 4.90 Å². The first-order valence-corrected chi connectivity index (χ1v) is 9.81. The van der Waals surface area contributed by atoms with E-state index in [1.807, 2.05) is 0 Å². The number of anilines is 1. The van der Waals surface area contributed by atoms with Crippen LogP contribution in [0.3, 0.4) is 0 Å². The summed E-state index contributed by atoms with van der Waals surface area (Å²) in [5.74, 6) is 0.923. The third kappa shape index (κ3) is 3.89. The summed E-state index contributed by atoms with van der Waals surface area (Å²) in [7, 11) is 0. The Morgan fingerprint density at radius 2 is 1.88 bits per heavy atom. The van der Waals surface area contributed by atoms with Gasteiger partial charge >= 0.3 is 0 Å². The van der Waals surface area contributed by atoms with E-state index in [-0.39, 0.29) is 0 Å². The minimum atomic E-state index is 0.923. The number of hydrogen-bond acceptors (Lipinski definition) is 5. The summed E-state index contributed by atoms with van der Waals surface area (Å²) in [6, 6.07) is 8.81. The summed E-state index contributed by atoms with van der Waals surface area (Å²) in [5.41, 5.74) is 5.25. The van der Waals surface area contributed by atoms with Gasteiger partial charge in [-0.25, -0.2) is 9.97 Å². The van der Waals surface area contributed by atoms with E-state index in [9.17, 15) is 0 Å². The minimum absolute atomic E-state index is 0.923. The summed E-state index contributed by atoms with van der Waals surface area (Å²) in [6.07, 6.45) is 3.08. The molecule has 0 amide bonds. The first kappa shape index (κ1) is 17.4. The Balaban J connectivity index is 1.41. The lowest BCUT2D eigenvalue weighted by Crippen LogP contribution is -2.47. The molecule has 4 rings (SSSR count). The third-order valence-electron chi connectivity index (χ3n) is 5.59. The van der Waals surface area contributed by atoms with Gasteiger partial charge in [-0.05, 0) is 19.0 Å². The number of rotatable bonds is 4. The molecule has 0 radical (unpaired) electrons. The molecule has 0 bridgehead atoms. The van der Waals surface area contributed by atoms with Crippen molar-refractivity contribution in [2.24, 2.45) is 0 Å². The number of aryl methyl sites for hydroxylation is 1. The van der Waals surface area contributed by atoms with Gasteiger partial charge in [0.1, 0.15) is 0 Å². The van der Waals surface area contributed by atoms with Gasteiger partial charge in [-0.1, -0.05) is 36.8 Å². The maximum atomic E-state index is 4.91. The highest BCUT2D eigenvalue weighted by molar-refractivity contribution is 5.35. The zero-order valence-corrected chi connectivity index (χ0v) is 16.0. The van der Waals surface area contributed by atoms with E-state index < -0.39 is 0 Å². The quantitative estimate of drug-likeness (QED) is 0.846. The average molecular weight is 351 g/mol. The zero-order chi connectivity index (χ0) is 17.9. The molecule has 5 nitrogen and oxygen atoms in total. The summed E-state index contributed by atoms with van der Waals surface area (Å²) in [5, 5.41) is 0. The molecule has 1 saturated heterocycles. The largest absolute Gasteiger partial charge is 0.338 e. The summed E-state index contributed by atoms with van der Waals surface area (Å²) >= 11 is 0. The van der Waals surface area contributed by atoms with Gasteiger partial charge in [0.25, 0.3) is 0 Å². The van der Waals surface area contributed by atoms with Gasteiger partial charge in [0, 0.05) is 64.0 Å². The van der Waals surface area contributed by atoms with Crippen LogP contribution in [0.2, 0.25) is 0 Å². The van der Waals surface area contributed by atoms with Crippen molar-refractivity contribution in [2.75, 3.05) is 44.2 Å². The van der Waals surface area contributed by atoms with E-state index in [4.69, 9.17) is 9.97 Å². The van der Waals surface area contributed by atoms with Crippen LogP contribution in [0.1, 0.15) is 29.3 Å². The molecule has 3 heterocycles. The molecule has 2 aromatic rings. The zero-order valence-electron chi connectivity index (χ0n) is 16.0. The summed E-state index contributed by atoms with van der Waals surface area (Å²) in [6.45, 7) is 12.8. The summed E-state index contributed by atoms with van der Waals surface area (Å²) in [4.78, 5) is 16.9. The van der Waals surface area contributed by atoms with Crippen LogP contribution in [0.25, 0.3) is 0 Å². The topological polar surface area (TPSA) is 35.5 Å². The van der Waals surface area contributed by atoms with Crippen molar-refractivity contribution < 1.29 is 0 Å². The molecule has 0 spiro atoms. The SMILES string of the molecule is CCN1CCN(c2ncc3c(n2)CCN(Cc2cccc(C)c2)C3)CC1. The van der Waals surface area contributed by atoms with Gasteiger partial charge in [-0.3, -0.25) is 4.90 Å². The predicted octanol–water partition coefficient (Wildman–Crippen LogP) is 2.49. The van der Waals surface area contributed by atoms with Crippen molar-refractivity contribution in [3.63, 3.8) is 0 Å². The lowest BCUT2D eigenvalue weighted by atomic mass is 10.1. The number of aromatic nitrogens is 2. The molecule has 0 atom stereocenters. The Morgan fingerprint density at radius 3 is 2.65 bits per heavy atom. The van der Waals surface area contributed by atoms with Gasteiger partial charge in [0.2, 0.25) is 5.95 Å². The van der Waals surface area contributed by atoms with E-state index in [0.717, 1.165) is 64.7 Å². The Morgan fingerprint density at radius 1 is 1.04 bits per heavy atom. The van der Waals surface area contributed by atoms with Crippen LogP contribution in [0.15, 0.2) is 30.5 Å². The predicted molar refractivity (Wildman–Crippen MR) is 105 cm³/mol. The first-order valence-electron chi connectivity index (χ1n) is 9.81. The number of nitrogens with zero attached hydrogens (tertiary/aromatic N) is 5. The van der Waals surface area contributed by atoms with E-state index in [1.54, 1.807) is 0 Å². The van der Waals surface area contributed by atoms with Crippen LogP contribution >= 0.6 is 0 Å². The molecular weight excluding hydrogens is 322 g/mol. The summed E-state index contributed by atoms with van der Waals surface area (Å²) < 4.78 is 0. The second-order valence-corrected chi connectivity index (χ2v) is 7.51. The van der Waals surface area contributed by atoms with Crippen molar-refractivity contribution in [2.45, 2.75) is 33.4 Å². The fourth-order valence-electron chi connectivity index (χ4n) is 3.98. The molecule has 1 fully saturated rings. The van der Waals surface area contributed by atoms with Gasteiger partial charge < -0.3 is 9.80 Å². The van der Waals surface area contributed by atoms with E-state index in [2.05, 4.69) is 59.0 Å². The van der Waals surface area contributed by atoms with Gasteiger partial charge in [0.05, 0.1) is 5.69 Å². The molecule has 0 saturated carbocycles. The molecule has 2 aliphatic heterocycles. The highest BCUT2D eigenvalue weighted by Crippen LogP contribution is 2.21. The van der Waals surface area contributed by atoms with Crippen molar-refractivity contribution in [3.8, 4) is 0 Å². The number of fused-ring (bicyclic) bond motifs is 1. The van der Waals surface area contributed by atoms with Gasteiger partial charge in [-0.15, -0.1) is 0 Å². The smallest absolute Gasteiger partial charge is 0.225 e. The van der Waals surface area contributed by atoms with Crippen LogP contribution in [0.4, 0.5) is 5.95 Å². The molecule has 2 aliphatic rings. The maximum Gasteiger partial charge on any atom is 0.225 e. The lowest BCUT2D eigenvalue weighted by molar-refractivity contribution is 0.242. The molecule has 0 unspecified atom stereocenters. The molecule has 0 aliphatic carbocycles. The molecule has 0 N–H and O–H groups in total. The van der Waals surface area contributed by atoms with Crippen molar-refractivity contribution in [1.82, 2.24) is 19.8 Å². The number of hydrogen-bond donors (Lipinski definition) is 0. The van der Waals surface area contributed by atoms with Crippen LogP contribution in [-0.4, -0.2) is 59.0 Å². The van der Waals surface area contributed by atoms with Crippen LogP contribution in [0, 0.1) is 6.92 Å². The lowest BCUT2D eigenvalue weighted by Gasteiger charge is -2.35. The maximum absolute atomic E-state index is 4.91. The van der Waals surface area contributed by atoms with Crippen LogP contribution in [0.5, 0.6) is 0 Å². The molecule has 1 aromatic heterocycles. The Bertz CT molecular complexity index is 752. The number of benzene rings is 1. The Labute approximate surface area is 156 Å². The average Bonchev–Trinajstić information content (AvgIpc) is 2.68. The van der Waals surface area contributed by atoms with Gasteiger partial charge in [-0.2, -0.15) is 0 Å². The monoisotopic (exact) mass is 351 g/mol.